The number of nitrogens with one attached hydrogen (secondary N) is 1. The van der Waals surface area contributed by atoms with E-state index in [1.54, 1.807) is 0 Å². The molecule has 0 saturated heterocycles. The van der Waals surface area contributed by atoms with E-state index in [9.17, 15) is 4.79 Å². The Balaban J connectivity index is 1.42. The standard InChI is InChI=1S/C26H24N2OS/c1-17-13-19(3)23(14-18(17)2)24-16-30-26(27-24)28-25(29)15-20-9-11-22(12-10-20)21-7-5-4-6-8-21/h4-14,16H,15H2,1-3H3,(H,27,28,29). The summed E-state index contributed by atoms with van der Waals surface area (Å²) in [7, 11) is 0. The summed E-state index contributed by atoms with van der Waals surface area (Å²) in [5.41, 5.74) is 9.04. The largest absolute Gasteiger partial charge is 0.302 e. The number of nitrogens with zero attached hydrogens (tertiary/aromatic N) is 1. The summed E-state index contributed by atoms with van der Waals surface area (Å²) in [6, 6.07) is 22.7. The minimum atomic E-state index is -0.0554. The third kappa shape index (κ3) is 4.50. The van der Waals surface area contributed by atoms with Crippen LogP contribution in [-0.2, 0) is 11.2 Å². The van der Waals surface area contributed by atoms with E-state index >= 15 is 0 Å². The molecule has 0 spiro atoms. The van der Waals surface area contributed by atoms with Crippen molar-refractivity contribution in [2.75, 3.05) is 5.32 Å². The molecule has 0 bridgehead atoms. The topological polar surface area (TPSA) is 42.0 Å². The van der Waals surface area contributed by atoms with Crippen molar-refractivity contribution in [2.45, 2.75) is 27.2 Å². The van der Waals surface area contributed by atoms with E-state index < -0.39 is 0 Å². The lowest BCUT2D eigenvalue weighted by molar-refractivity contribution is -0.115. The number of aryl methyl sites for hydroxylation is 3. The highest BCUT2D eigenvalue weighted by Gasteiger charge is 2.11. The minimum absolute atomic E-state index is 0.0554. The smallest absolute Gasteiger partial charge is 0.230 e. The number of amides is 1. The highest BCUT2D eigenvalue weighted by molar-refractivity contribution is 7.14. The minimum Gasteiger partial charge on any atom is -0.302 e. The maximum Gasteiger partial charge on any atom is 0.230 e. The molecule has 1 amide bonds. The summed E-state index contributed by atoms with van der Waals surface area (Å²) in [6.07, 6.45) is 0.326. The predicted molar refractivity (Wildman–Crippen MR) is 126 cm³/mol. The zero-order valence-electron chi connectivity index (χ0n) is 17.4. The third-order valence-corrected chi connectivity index (χ3v) is 6.05. The van der Waals surface area contributed by atoms with Crippen LogP contribution >= 0.6 is 11.3 Å². The quantitative estimate of drug-likeness (QED) is 0.402. The van der Waals surface area contributed by atoms with Gasteiger partial charge in [-0.1, -0.05) is 60.7 Å². The Hall–Kier alpha value is -3.24. The number of carbonyl (C=O) groups excluding carboxylic acids is 1. The van der Waals surface area contributed by atoms with E-state index in [1.165, 1.54) is 33.6 Å². The Morgan fingerprint density at radius 3 is 2.27 bits per heavy atom. The highest BCUT2D eigenvalue weighted by atomic mass is 32.1. The number of hydrogen-bond donors (Lipinski definition) is 1. The fourth-order valence-electron chi connectivity index (χ4n) is 3.49. The van der Waals surface area contributed by atoms with Crippen molar-refractivity contribution in [1.82, 2.24) is 4.98 Å². The molecule has 1 N–H and O–H groups in total. The fraction of sp³-hybridized carbons (Fsp3) is 0.154. The molecule has 30 heavy (non-hydrogen) atoms. The second-order valence-corrected chi connectivity index (χ2v) is 8.44. The molecule has 1 heterocycles. The average molecular weight is 413 g/mol. The molecule has 0 aliphatic carbocycles. The molecule has 4 heteroatoms. The van der Waals surface area contributed by atoms with E-state index in [-0.39, 0.29) is 5.91 Å². The number of benzene rings is 3. The molecule has 0 radical (unpaired) electrons. The van der Waals surface area contributed by atoms with Crippen molar-refractivity contribution in [3.8, 4) is 22.4 Å². The molecule has 150 valence electrons. The molecule has 0 saturated carbocycles. The summed E-state index contributed by atoms with van der Waals surface area (Å²) in [5.74, 6) is -0.0554. The van der Waals surface area contributed by atoms with Gasteiger partial charge in [0.2, 0.25) is 5.91 Å². The Morgan fingerprint density at radius 2 is 1.53 bits per heavy atom. The second kappa shape index (κ2) is 8.64. The first-order valence-electron chi connectivity index (χ1n) is 9.97. The summed E-state index contributed by atoms with van der Waals surface area (Å²) in [6.45, 7) is 6.32. The summed E-state index contributed by atoms with van der Waals surface area (Å²) >= 11 is 1.46. The Kier molecular flexibility index (Phi) is 5.77. The van der Waals surface area contributed by atoms with Crippen LogP contribution in [0.4, 0.5) is 5.13 Å². The average Bonchev–Trinajstić information content (AvgIpc) is 3.20. The van der Waals surface area contributed by atoms with Gasteiger partial charge in [0.25, 0.3) is 0 Å². The Morgan fingerprint density at radius 1 is 0.867 bits per heavy atom. The van der Waals surface area contributed by atoms with Crippen molar-refractivity contribution in [2.24, 2.45) is 0 Å². The zero-order valence-corrected chi connectivity index (χ0v) is 18.2. The van der Waals surface area contributed by atoms with E-state index in [1.807, 2.05) is 35.7 Å². The first-order chi connectivity index (χ1) is 14.5. The molecule has 3 nitrogen and oxygen atoms in total. The van der Waals surface area contributed by atoms with Crippen LogP contribution in [0.1, 0.15) is 22.3 Å². The van der Waals surface area contributed by atoms with Gasteiger partial charge in [-0.15, -0.1) is 11.3 Å². The van der Waals surface area contributed by atoms with Crippen LogP contribution in [0.3, 0.4) is 0 Å². The molecule has 0 unspecified atom stereocenters. The maximum absolute atomic E-state index is 12.5. The van der Waals surface area contributed by atoms with Gasteiger partial charge in [-0.2, -0.15) is 0 Å². The second-order valence-electron chi connectivity index (χ2n) is 7.58. The molecular formula is C26H24N2OS. The van der Waals surface area contributed by atoms with Gasteiger partial charge in [0, 0.05) is 10.9 Å². The first-order valence-corrected chi connectivity index (χ1v) is 10.9. The number of carbonyl (C=O) groups is 1. The van der Waals surface area contributed by atoms with Crippen molar-refractivity contribution in [3.05, 3.63) is 94.4 Å². The maximum atomic E-state index is 12.5. The van der Waals surface area contributed by atoms with Gasteiger partial charge in [-0.05, 0) is 60.2 Å². The van der Waals surface area contributed by atoms with Crippen LogP contribution in [0.15, 0.2) is 72.1 Å². The van der Waals surface area contributed by atoms with E-state index in [2.05, 4.69) is 67.5 Å². The predicted octanol–water partition coefficient (Wildman–Crippen LogP) is 6.58. The van der Waals surface area contributed by atoms with Gasteiger partial charge in [-0.3, -0.25) is 4.79 Å². The molecule has 0 aliphatic rings. The van der Waals surface area contributed by atoms with Crippen LogP contribution in [0.25, 0.3) is 22.4 Å². The van der Waals surface area contributed by atoms with Crippen LogP contribution in [0, 0.1) is 20.8 Å². The fourth-order valence-corrected chi connectivity index (χ4v) is 4.21. The Labute approximate surface area is 181 Å². The lowest BCUT2D eigenvalue weighted by atomic mass is 9.99. The SMILES string of the molecule is Cc1cc(C)c(-c2csc(NC(=O)Cc3ccc(-c4ccccc4)cc3)n2)cc1C. The van der Waals surface area contributed by atoms with Gasteiger partial charge in [0.15, 0.2) is 5.13 Å². The molecule has 0 atom stereocenters. The summed E-state index contributed by atoms with van der Waals surface area (Å²) in [4.78, 5) is 17.1. The highest BCUT2D eigenvalue weighted by Crippen LogP contribution is 2.29. The van der Waals surface area contributed by atoms with E-state index in [4.69, 9.17) is 0 Å². The number of aromatic nitrogens is 1. The lowest BCUT2D eigenvalue weighted by Crippen LogP contribution is -2.14. The molecule has 1 aromatic heterocycles. The van der Waals surface area contributed by atoms with Crippen molar-refractivity contribution >= 4 is 22.4 Å². The van der Waals surface area contributed by atoms with Crippen LogP contribution in [-0.4, -0.2) is 10.9 Å². The molecule has 4 rings (SSSR count). The van der Waals surface area contributed by atoms with Crippen LogP contribution in [0.5, 0.6) is 0 Å². The lowest BCUT2D eigenvalue weighted by Gasteiger charge is -2.07. The third-order valence-electron chi connectivity index (χ3n) is 5.29. The monoisotopic (exact) mass is 412 g/mol. The normalized spacial score (nSPS) is 10.8. The van der Waals surface area contributed by atoms with Gasteiger partial charge in [0.1, 0.15) is 0 Å². The first kappa shape index (κ1) is 20.0. The van der Waals surface area contributed by atoms with Crippen molar-refractivity contribution in [3.63, 3.8) is 0 Å². The molecule has 4 aromatic rings. The van der Waals surface area contributed by atoms with Gasteiger partial charge in [-0.25, -0.2) is 4.98 Å². The molecule has 0 fully saturated rings. The number of rotatable bonds is 5. The summed E-state index contributed by atoms with van der Waals surface area (Å²) in [5, 5.41) is 5.58. The van der Waals surface area contributed by atoms with E-state index in [0.717, 1.165) is 22.4 Å². The van der Waals surface area contributed by atoms with Crippen LogP contribution in [0.2, 0.25) is 0 Å². The van der Waals surface area contributed by atoms with Gasteiger partial charge < -0.3 is 5.32 Å². The van der Waals surface area contributed by atoms with Crippen LogP contribution < -0.4 is 5.32 Å². The van der Waals surface area contributed by atoms with E-state index in [0.29, 0.717) is 11.6 Å². The van der Waals surface area contributed by atoms with Gasteiger partial charge >= 0.3 is 0 Å². The molecular weight excluding hydrogens is 388 g/mol. The van der Waals surface area contributed by atoms with Crippen molar-refractivity contribution < 1.29 is 4.79 Å². The molecule has 3 aromatic carbocycles. The zero-order chi connectivity index (χ0) is 21.1. The number of hydrogen-bond acceptors (Lipinski definition) is 3. The summed E-state index contributed by atoms with van der Waals surface area (Å²) < 4.78 is 0. The number of anilines is 1. The van der Waals surface area contributed by atoms with Crippen molar-refractivity contribution in [1.29, 1.82) is 0 Å². The molecule has 0 aliphatic heterocycles. The van der Waals surface area contributed by atoms with Gasteiger partial charge in [0.05, 0.1) is 12.1 Å². The Bertz CT molecular complexity index is 1180. The number of thiazole rings is 1.